The maximum Gasteiger partial charge on any atom is 0.274 e. The molecule has 2 aromatic carbocycles. The topological polar surface area (TPSA) is 52.8 Å². The molecule has 4 aromatic rings. The van der Waals surface area contributed by atoms with E-state index in [-0.39, 0.29) is 5.56 Å². The summed E-state index contributed by atoms with van der Waals surface area (Å²) in [5.41, 5.74) is 2.48. The second-order valence-electron chi connectivity index (χ2n) is 5.58. The first-order valence-electron chi connectivity index (χ1n) is 8.00. The number of thiazole rings is 1. The zero-order valence-electron chi connectivity index (χ0n) is 13.9. The van der Waals surface area contributed by atoms with E-state index in [0.29, 0.717) is 27.6 Å². The summed E-state index contributed by atoms with van der Waals surface area (Å²) in [5, 5.41) is 0.743. The van der Waals surface area contributed by atoms with Crippen molar-refractivity contribution in [3.05, 3.63) is 62.9 Å². The Morgan fingerprint density at radius 2 is 2.08 bits per heavy atom. The Hall–Kier alpha value is -2.38. The minimum atomic E-state index is -0.0581. The van der Waals surface area contributed by atoms with Crippen LogP contribution in [-0.2, 0) is 0 Å². The molecule has 0 aliphatic heterocycles. The first-order chi connectivity index (χ1) is 12.7. The van der Waals surface area contributed by atoms with Crippen molar-refractivity contribution in [3.63, 3.8) is 0 Å². The molecule has 0 N–H and O–H groups in total. The van der Waals surface area contributed by atoms with Crippen molar-refractivity contribution in [1.82, 2.24) is 9.38 Å². The average molecular weight is 431 g/mol. The van der Waals surface area contributed by atoms with Gasteiger partial charge in [0.2, 0.25) is 0 Å². The summed E-state index contributed by atoms with van der Waals surface area (Å²) < 4.78 is 13.3. The number of halogens is 1. The number of rotatable bonds is 5. The second-order valence-corrected chi connectivity index (χ2v) is 7.38. The first-order valence-corrected chi connectivity index (χ1v) is 9.93. The lowest BCUT2D eigenvalue weighted by Crippen LogP contribution is -2.22. The molecule has 0 saturated heterocycles. The highest BCUT2D eigenvalue weighted by Gasteiger charge is 2.11. The van der Waals surface area contributed by atoms with Crippen molar-refractivity contribution in [2.24, 2.45) is 0 Å². The number of alkyl halides is 1. The highest BCUT2D eigenvalue weighted by atomic mass is 79.9. The summed E-state index contributed by atoms with van der Waals surface area (Å²) in [6, 6.07) is 13.3. The summed E-state index contributed by atoms with van der Waals surface area (Å²) in [6.07, 6.45) is 1.85. The number of imidazole rings is 1. The number of methoxy groups -OCH3 is 1. The Morgan fingerprint density at radius 1 is 1.23 bits per heavy atom. The Morgan fingerprint density at radius 3 is 2.88 bits per heavy atom. The Kier molecular flexibility index (Phi) is 4.65. The van der Waals surface area contributed by atoms with Crippen LogP contribution in [0.25, 0.3) is 22.1 Å². The van der Waals surface area contributed by atoms with Gasteiger partial charge >= 0.3 is 0 Å². The van der Waals surface area contributed by atoms with E-state index < -0.39 is 0 Å². The second kappa shape index (κ2) is 7.09. The van der Waals surface area contributed by atoms with Crippen molar-refractivity contribution >= 4 is 49.3 Å². The molecule has 2 aromatic heterocycles. The van der Waals surface area contributed by atoms with Crippen LogP contribution in [0, 0.1) is 0 Å². The van der Waals surface area contributed by atoms with Crippen LogP contribution >= 0.6 is 27.3 Å². The molecule has 0 fully saturated rings. The molecule has 0 bridgehead atoms. The molecular formula is C19H15BrN2O3S. The zero-order chi connectivity index (χ0) is 18.1. The van der Waals surface area contributed by atoms with E-state index in [0.717, 1.165) is 21.9 Å². The lowest BCUT2D eigenvalue weighted by molar-refractivity contribution is 0.314. The van der Waals surface area contributed by atoms with Gasteiger partial charge in [-0.1, -0.05) is 45.5 Å². The molecule has 2 heterocycles. The minimum absolute atomic E-state index is 0.0581. The van der Waals surface area contributed by atoms with Gasteiger partial charge < -0.3 is 9.47 Å². The molecule has 26 heavy (non-hydrogen) atoms. The van der Waals surface area contributed by atoms with Crippen molar-refractivity contribution < 1.29 is 9.47 Å². The standard InChI is InChI=1S/C19H15BrN2O3S/c1-24-16-10-12(6-7-15(16)25-9-8-20)11-17-18(23)22-14-5-3-2-4-13(14)21-19(22)26-17/h2-7,10-11H,8-9H2,1H3/b17-11-. The molecule has 4 rings (SSSR count). The predicted molar refractivity (Wildman–Crippen MR) is 108 cm³/mol. The Bertz CT molecular complexity index is 1200. The van der Waals surface area contributed by atoms with Crippen LogP contribution in [0.3, 0.4) is 0 Å². The molecular weight excluding hydrogens is 416 g/mol. The van der Waals surface area contributed by atoms with E-state index in [1.807, 2.05) is 48.5 Å². The third-order valence-corrected chi connectivity index (χ3v) is 5.26. The smallest absolute Gasteiger partial charge is 0.274 e. The molecule has 0 amide bonds. The minimum Gasteiger partial charge on any atom is -0.493 e. The fraction of sp³-hybridized carbons (Fsp3) is 0.158. The summed E-state index contributed by atoms with van der Waals surface area (Å²) in [7, 11) is 1.60. The molecule has 0 unspecified atom stereocenters. The molecule has 0 aliphatic carbocycles. The van der Waals surface area contributed by atoms with Crippen LogP contribution in [0.5, 0.6) is 11.5 Å². The number of para-hydroxylation sites is 2. The third kappa shape index (κ3) is 2.97. The van der Waals surface area contributed by atoms with Gasteiger partial charge in [-0.15, -0.1) is 0 Å². The number of ether oxygens (including phenoxy) is 2. The molecule has 132 valence electrons. The van der Waals surface area contributed by atoms with E-state index in [4.69, 9.17) is 9.47 Å². The van der Waals surface area contributed by atoms with Crippen LogP contribution in [0.15, 0.2) is 47.3 Å². The summed E-state index contributed by atoms with van der Waals surface area (Å²) in [4.78, 5) is 18.0. The van der Waals surface area contributed by atoms with Gasteiger partial charge in [-0.2, -0.15) is 0 Å². The van der Waals surface area contributed by atoms with Gasteiger partial charge in [-0.05, 0) is 35.9 Å². The van der Waals surface area contributed by atoms with Crippen molar-refractivity contribution in [2.45, 2.75) is 0 Å². The fourth-order valence-electron chi connectivity index (χ4n) is 2.81. The van der Waals surface area contributed by atoms with E-state index >= 15 is 0 Å². The first kappa shape index (κ1) is 17.1. The van der Waals surface area contributed by atoms with E-state index in [9.17, 15) is 4.79 Å². The van der Waals surface area contributed by atoms with Gasteiger partial charge in [0.25, 0.3) is 5.56 Å². The van der Waals surface area contributed by atoms with Gasteiger partial charge in [-0.3, -0.25) is 4.79 Å². The zero-order valence-corrected chi connectivity index (χ0v) is 16.3. The third-order valence-electron chi connectivity index (χ3n) is 3.97. The van der Waals surface area contributed by atoms with Crippen LogP contribution in [0.4, 0.5) is 0 Å². The lowest BCUT2D eigenvalue weighted by Gasteiger charge is -2.10. The van der Waals surface area contributed by atoms with Crippen LogP contribution < -0.4 is 19.6 Å². The van der Waals surface area contributed by atoms with Crippen molar-refractivity contribution in [2.75, 3.05) is 19.0 Å². The largest absolute Gasteiger partial charge is 0.493 e. The SMILES string of the molecule is COc1cc(/C=c2\sc3nc4ccccc4n3c2=O)ccc1OCCBr. The van der Waals surface area contributed by atoms with Gasteiger partial charge in [-0.25, -0.2) is 9.38 Å². The van der Waals surface area contributed by atoms with Gasteiger partial charge in [0, 0.05) is 5.33 Å². The molecule has 0 aliphatic rings. The molecule has 0 saturated carbocycles. The van der Waals surface area contributed by atoms with Crippen LogP contribution in [-0.4, -0.2) is 28.4 Å². The molecule has 0 radical (unpaired) electrons. The number of fused-ring (bicyclic) bond motifs is 3. The van der Waals surface area contributed by atoms with E-state index in [1.54, 1.807) is 11.5 Å². The summed E-state index contributed by atoms with van der Waals surface area (Å²) >= 11 is 4.72. The maximum absolute atomic E-state index is 12.8. The van der Waals surface area contributed by atoms with Gasteiger partial charge in [0.1, 0.15) is 0 Å². The summed E-state index contributed by atoms with van der Waals surface area (Å²) in [5.74, 6) is 1.32. The molecule has 5 nitrogen and oxygen atoms in total. The Balaban J connectivity index is 1.81. The van der Waals surface area contributed by atoms with Crippen LogP contribution in [0.1, 0.15) is 5.56 Å². The van der Waals surface area contributed by atoms with Gasteiger partial charge in [0.15, 0.2) is 16.5 Å². The number of benzene rings is 2. The monoisotopic (exact) mass is 430 g/mol. The van der Waals surface area contributed by atoms with E-state index in [2.05, 4.69) is 20.9 Å². The lowest BCUT2D eigenvalue weighted by atomic mass is 10.2. The highest BCUT2D eigenvalue weighted by molar-refractivity contribution is 9.09. The maximum atomic E-state index is 12.8. The molecule has 7 heteroatoms. The number of hydrogen-bond acceptors (Lipinski definition) is 5. The highest BCUT2D eigenvalue weighted by Crippen LogP contribution is 2.28. The molecule has 0 spiro atoms. The average Bonchev–Trinajstić information content (AvgIpc) is 3.17. The normalized spacial score (nSPS) is 12.2. The van der Waals surface area contributed by atoms with E-state index in [1.165, 1.54) is 11.3 Å². The fourth-order valence-corrected chi connectivity index (χ4v) is 3.95. The quantitative estimate of drug-likeness (QED) is 0.456. The summed E-state index contributed by atoms with van der Waals surface area (Å²) in [6.45, 7) is 0.555. The predicted octanol–water partition coefficient (Wildman–Crippen LogP) is 3.24. The Labute approximate surface area is 161 Å². The van der Waals surface area contributed by atoms with Crippen LogP contribution in [0.2, 0.25) is 0 Å². The number of nitrogens with zero attached hydrogens (tertiary/aromatic N) is 2. The molecule has 0 atom stereocenters. The number of aromatic nitrogens is 2. The van der Waals surface area contributed by atoms with Crippen molar-refractivity contribution in [1.29, 1.82) is 0 Å². The number of hydrogen-bond donors (Lipinski definition) is 0. The van der Waals surface area contributed by atoms with Crippen molar-refractivity contribution in [3.8, 4) is 11.5 Å². The van der Waals surface area contributed by atoms with Gasteiger partial charge in [0.05, 0.1) is 29.3 Å².